The van der Waals surface area contributed by atoms with Crippen LogP contribution in [0, 0.1) is 0 Å². The molecule has 0 saturated heterocycles. The molecule has 1 amide bonds. The molecule has 1 aliphatic carbocycles. The molecule has 23 heavy (non-hydrogen) atoms. The maximum atomic E-state index is 12.7. The van der Waals surface area contributed by atoms with Crippen LogP contribution in [0.5, 0.6) is 0 Å². The van der Waals surface area contributed by atoms with E-state index in [1.807, 2.05) is 41.6 Å². The minimum Gasteiger partial charge on any atom is -0.337 e. The summed E-state index contributed by atoms with van der Waals surface area (Å²) in [4.78, 5) is 19.1. The highest BCUT2D eigenvalue weighted by molar-refractivity contribution is 7.13. The van der Waals surface area contributed by atoms with Crippen LogP contribution < -0.4 is 0 Å². The second-order valence-electron chi connectivity index (χ2n) is 6.11. The lowest BCUT2D eigenvalue weighted by Crippen LogP contribution is -2.36. The lowest BCUT2D eigenvalue weighted by molar-refractivity contribution is 0.0712. The van der Waals surface area contributed by atoms with E-state index in [-0.39, 0.29) is 5.91 Å². The maximum absolute atomic E-state index is 12.7. The van der Waals surface area contributed by atoms with Crippen LogP contribution >= 0.6 is 22.9 Å². The van der Waals surface area contributed by atoms with E-state index in [0.717, 1.165) is 23.4 Å². The average molecular weight is 349 g/mol. The largest absolute Gasteiger partial charge is 0.337 e. The van der Waals surface area contributed by atoms with Gasteiger partial charge in [-0.2, -0.15) is 0 Å². The Balaban J connectivity index is 1.73. The predicted molar refractivity (Wildman–Crippen MR) is 96.1 cm³/mol. The molecule has 0 atom stereocenters. The van der Waals surface area contributed by atoms with E-state index in [2.05, 4.69) is 4.98 Å². The minimum atomic E-state index is 0.0355. The summed E-state index contributed by atoms with van der Waals surface area (Å²) in [6, 6.07) is 7.91. The Morgan fingerprint density at radius 2 is 1.83 bits per heavy atom. The zero-order valence-electron chi connectivity index (χ0n) is 13.3. The number of carbonyl (C=O) groups excluding carboxylic acids is 1. The molecule has 1 aromatic carbocycles. The van der Waals surface area contributed by atoms with Crippen LogP contribution in [0.1, 0.15) is 49.0 Å². The van der Waals surface area contributed by atoms with Crippen LogP contribution in [0.15, 0.2) is 29.6 Å². The third kappa shape index (κ3) is 3.93. The van der Waals surface area contributed by atoms with Gasteiger partial charge in [-0.15, -0.1) is 11.3 Å². The van der Waals surface area contributed by atoms with E-state index in [4.69, 9.17) is 11.6 Å². The van der Waals surface area contributed by atoms with Crippen molar-refractivity contribution in [2.24, 2.45) is 0 Å². The first-order valence-electron chi connectivity index (χ1n) is 8.14. The van der Waals surface area contributed by atoms with Crippen LogP contribution in [0.2, 0.25) is 5.02 Å². The van der Waals surface area contributed by atoms with Crippen LogP contribution in [-0.4, -0.2) is 28.9 Å². The van der Waals surface area contributed by atoms with Crippen molar-refractivity contribution < 1.29 is 4.79 Å². The van der Waals surface area contributed by atoms with Gasteiger partial charge in [0.15, 0.2) is 0 Å². The smallest absolute Gasteiger partial charge is 0.273 e. The van der Waals surface area contributed by atoms with Gasteiger partial charge in [0.2, 0.25) is 0 Å². The summed E-state index contributed by atoms with van der Waals surface area (Å²) in [6.45, 7) is 0. The Labute approximate surface area is 146 Å². The van der Waals surface area contributed by atoms with Gasteiger partial charge in [-0.1, -0.05) is 49.4 Å². The number of thiazole rings is 1. The molecule has 0 radical (unpaired) electrons. The molecule has 5 heteroatoms. The van der Waals surface area contributed by atoms with Crippen molar-refractivity contribution in [2.45, 2.75) is 44.6 Å². The minimum absolute atomic E-state index is 0.0355. The van der Waals surface area contributed by atoms with Crippen LogP contribution in [0.3, 0.4) is 0 Å². The normalized spacial score (nSPS) is 16.1. The highest BCUT2D eigenvalue weighted by atomic mass is 35.5. The summed E-state index contributed by atoms with van der Waals surface area (Å²) in [5.41, 5.74) is 1.54. The standard InChI is InChI=1S/C18H21ClN2OS/c1-21(15-6-4-2-3-5-7-15)18(22)16-12-23-17(20-16)13-8-10-14(19)11-9-13/h8-12,15H,2-7H2,1H3. The van der Waals surface area contributed by atoms with Crippen molar-refractivity contribution in [3.05, 3.63) is 40.4 Å². The first kappa shape index (κ1) is 16.5. The summed E-state index contributed by atoms with van der Waals surface area (Å²) in [6.07, 6.45) is 7.23. The lowest BCUT2D eigenvalue weighted by Gasteiger charge is -2.26. The van der Waals surface area contributed by atoms with E-state index in [0.29, 0.717) is 16.8 Å². The Kier molecular flexibility index (Phi) is 5.34. The Morgan fingerprint density at radius 3 is 2.48 bits per heavy atom. The summed E-state index contributed by atoms with van der Waals surface area (Å²) >= 11 is 7.42. The van der Waals surface area contributed by atoms with Crippen molar-refractivity contribution in [2.75, 3.05) is 7.05 Å². The second kappa shape index (κ2) is 7.45. The number of halogens is 1. The van der Waals surface area contributed by atoms with Crippen LogP contribution in [0.25, 0.3) is 10.6 Å². The first-order valence-corrected chi connectivity index (χ1v) is 9.39. The predicted octanol–water partition coefficient (Wildman–Crippen LogP) is 5.26. The Bertz CT molecular complexity index is 660. The molecule has 0 bridgehead atoms. The highest BCUT2D eigenvalue weighted by Crippen LogP contribution is 2.27. The number of amides is 1. The van der Waals surface area contributed by atoms with E-state index >= 15 is 0 Å². The van der Waals surface area contributed by atoms with Crippen molar-refractivity contribution in [1.82, 2.24) is 9.88 Å². The van der Waals surface area contributed by atoms with Crippen molar-refractivity contribution in [1.29, 1.82) is 0 Å². The van der Waals surface area contributed by atoms with E-state index in [1.54, 1.807) is 0 Å². The molecule has 2 aromatic rings. The van der Waals surface area contributed by atoms with Gasteiger partial charge < -0.3 is 4.90 Å². The molecule has 3 nitrogen and oxygen atoms in total. The second-order valence-corrected chi connectivity index (χ2v) is 7.40. The molecular formula is C18H21ClN2OS. The molecule has 1 heterocycles. The Hall–Kier alpha value is -1.39. The number of aromatic nitrogens is 1. The molecular weight excluding hydrogens is 328 g/mol. The molecule has 0 unspecified atom stereocenters. The molecule has 0 N–H and O–H groups in total. The van der Waals surface area contributed by atoms with E-state index in [9.17, 15) is 4.79 Å². The van der Waals surface area contributed by atoms with Crippen molar-refractivity contribution in [3.63, 3.8) is 0 Å². The molecule has 1 aliphatic rings. The topological polar surface area (TPSA) is 33.2 Å². The molecule has 0 spiro atoms. The molecule has 0 aliphatic heterocycles. The van der Waals surface area contributed by atoms with Gasteiger partial charge in [0.1, 0.15) is 10.7 Å². The molecule has 1 saturated carbocycles. The molecule has 1 aromatic heterocycles. The van der Waals surface area contributed by atoms with Crippen molar-refractivity contribution >= 4 is 28.8 Å². The zero-order chi connectivity index (χ0) is 16.2. The summed E-state index contributed by atoms with van der Waals surface area (Å²) < 4.78 is 0. The van der Waals surface area contributed by atoms with Crippen molar-refractivity contribution in [3.8, 4) is 10.6 Å². The number of rotatable bonds is 3. The lowest BCUT2D eigenvalue weighted by atomic mass is 10.1. The fourth-order valence-electron chi connectivity index (χ4n) is 3.09. The number of hydrogen-bond acceptors (Lipinski definition) is 3. The number of benzene rings is 1. The monoisotopic (exact) mass is 348 g/mol. The van der Waals surface area contributed by atoms with Gasteiger partial charge in [-0.3, -0.25) is 4.79 Å². The summed E-state index contributed by atoms with van der Waals surface area (Å²) in [5.74, 6) is 0.0355. The number of nitrogens with zero attached hydrogens (tertiary/aromatic N) is 2. The van der Waals surface area contributed by atoms with Gasteiger partial charge in [0.25, 0.3) is 5.91 Å². The average Bonchev–Trinajstić information content (AvgIpc) is 2.89. The third-order valence-electron chi connectivity index (χ3n) is 4.51. The van der Waals surface area contributed by atoms with Gasteiger partial charge in [0.05, 0.1) is 0 Å². The van der Waals surface area contributed by atoms with Gasteiger partial charge >= 0.3 is 0 Å². The summed E-state index contributed by atoms with van der Waals surface area (Å²) in [5, 5.41) is 3.42. The zero-order valence-corrected chi connectivity index (χ0v) is 14.9. The summed E-state index contributed by atoms with van der Waals surface area (Å²) in [7, 11) is 1.92. The number of hydrogen-bond donors (Lipinski definition) is 0. The SMILES string of the molecule is CN(C(=O)c1csc(-c2ccc(Cl)cc2)n1)C1CCCCCC1. The van der Waals surface area contributed by atoms with Gasteiger partial charge in [-0.05, 0) is 25.0 Å². The van der Waals surface area contributed by atoms with E-state index in [1.165, 1.54) is 37.0 Å². The fourth-order valence-corrected chi connectivity index (χ4v) is 4.01. The molecule has 122 valence electrons. The highest BCUT2D eigenvalue weighted by Gasteiger charge is 2.24. The quantitative estimate of drug-likeness (QED) is 0.709. The van der Waals surface area contributed by atoms with Crippen LogP contribution in [-0.2, 0) is 0 Å². The number of carbonyl (C=O) groups is 1. The first-order chi connectivity index (χ1) is 11.1. The maximum Gasteiger partial charge on any atom is 0.273 e. The Morgan fingerprint density at radius 1 is 1.17 bits per heavy atom. The molecule has 1 fully saturated rings. The van der Waals surface area contributed by atoms with E-state index < -0.39 is 0 Å². The van der Waals surface area contributed by atoms with Gasteiger partial charge in [0, 0.05) is 29.1 Å². The fraction of sp³-hybridized carbons (Fsp3) is 0.444. The van der Waals surface area contributed by atoms with Crippen LogP contribution in [0.4, 0.5) is 0 Å². The van der Waals surface area contributed by atoms with Gasteiger partial charge in [-0.25, -0.2) is 4.98 Å². The molecule has 3 rings (SSSR count). The third-order valence-corrected chi connectivity index (χ3v) is 5.65.